The Morgan fingerprint density at radius 3 is 2.68 bits per heavy atom. The van der Waals surface area contributed by atoms with Crippen LogP contribution in [-0.2, 0) is 17.8 Å². The smallest absolute Gasteiger partial charge is 0.227 e. The summed E-state index contributed by atoms with van der Waals surface area (Å²) in [4.78, 5) is 17.8. The van der Waals surface area contributed by atoms with Crippen molar-refractivity contribution in [3.05, 3.63) is 39.4 Å². The molecule has 0 aliphatic carbocycles. The molecule has 22 heavy (non-hydrogen) atoms. The van der Waals surface area contributed by atoms with Crippen LogP contribution in [0.15, 0.2) is 22.0 Å². The van der Waals surface area contributed by atoms with E-state index < -0.39 is 0 Å². The fourth-order valence-electron chi connectivity index (χ4n) is 2.78. The molecule has 0 aromatic carbocycles. The summed E-state index contributed by atoms with van der Waals surface area (Å²) in [6.07, 6.45) is 0.529. The van der Waals surface area contributed by atoms with Crippen LogP contribution in [0, 0.1) is 13.8 Å². The first-order valence-corrected chi connectivity index (χ1v) is 8.45. The van der Waals surface area contributed by atoms with Gasteiger partial charge in [0.25, 0.3) is 0 Å². The third-order valence-corrected chi connectivity index (χ3v) is 5.07. The molecule has 2 aromatic rings. The van der Waals surface area contributed by atoms with E-state index in [2.05, 4.69) is 10.1 Å². The van der Waals surface area contributed by atoms with Crippen molar-refractivity contribution in [1.29, 1.82) is 0 Å². The fourth-order valence-corrected chi connectivity index (χ4v) is 3.48. The number of hydrogen-bond acceptors (Lipinski definition) is 5. The van der Waals surface area contributed by atoms with E-state index >= 15 is 0 Å². The number of aromatic nitrogens is 1. The molecule has 1 saturated heterocycles. The molecule has 118 valence electrons. The summed E-state index contributed by atoms with van der Waals surface area (Å²) >= 11 is 1.65. The van der Waals surface area contributed by atoms with E-state index in [9.17, 15) is 4.79 Å². The predicted molar refractivity (Wildman–Crippen MR) is 85.9 cm³/mol. The largest absolute Gasteiger partial charge is 0.361 e. The normalized spacial score (nSPS) is 16.2. The minimum Gasteiger partial charge on any atom is -0.361 e. The topological polar surface area (TPSA) is 49.6 Å². The van der Waals surface area contributed by atoms with Crippen LogP contribution in [-0.4, -0.2) is 47.0 Å². The summed E-state index contributed by atoms with van der Waals surface area (Å²) in [7, 11) is 0. The van der Waals surface area contributed by atoms with Crippen molar-refractivity contribution in [2.75, 3.05) is 26.2 Å². The van der Waals surface area contributed by atoms with Crippen LogP contribution in [0.3, 0.4) is 0 Å². The second-order valence-electron chi connectivity index (χ2n) is 5.72. The van der Waals surface area contributed by atoms with Crippen LogP contribution in [0.5, 0.6) is 0 Å². The Morgan fingerprint density at radius 1 is 1.32 bits per heavy atom. The number of thiophene rings is 1. The van der Waals surface area contributed by atoms with Gasteiger partial charge in [-0.3, -0.25) is 9.69 Å². The summed E-state index contributed by atoms with van der Waals surface area (Å²) < 4.78 is 5.21. The molecular weight excluding hydrogens is 298 g/mol. The molecule has 0 bridgehead atoms. The highest BCUT2D eigenvalue weighted by Gasteiger charge is 2.23. The van der Waals surface area contributed by atoms with E-state index in [4.69, 9.17) is 4.52 Å². The van der Waals surface area contributed by atoms with Crippen molar-refractivity contribution < 1.29 is 9.32 Å². The first-order valence-electron chi connectivity index (χ1n) is 7.58. The van der Waals surface area contributed by atoms with E-state index in [-0.39, 0.29) is 5.91 Å². The van der Waals surface area contributed by atoms with Gasteiger partial charge in [0.15, 0.2) is 0 Å². The maximum absolute atomic E-state index is 12.3. The van der Waals surface area contributed by atoms with Crippen LogP contribution < -0.4 is 0 Å². The van der Waals surface area contributed by atoms with E-state index in [1.807, 2.05) is 36.3 Å². The van der Waals surface area contributed by atoms with Crippen LogP contribution in [0.1, 0.15) is 21.9 Å². The van der Waals surface area contributed by atoms with E-state index in [0.29, 0.717) is 6.42 Å². The molecule has 1 aliphatic heterocycles. The Hall–Kier alpha value is -1.66. The second kappa shape index (κ2) is 6.62. The zero-order chi connectivity index (χ0) is 15.5. The van der Waals surface area contributed by atoms with Gasteiger partial charge < -0.3 is 9.42 Å². The zero-order valence-electron chi connectivity index (χ0n) is 13.0. The highest BCUT2D eigenvalue weighted by Crippen LogP contribution is 2.17. The van der Waals surface area contributed by atoms with Crippen molar-refractivity contribution in [3.8, 4) is 0 Å². The highest BCUT2D eigenvalue weighted by molar-refractivity contribution is 7.10. The fraction of sp³-hybridized carbons (Fsp3) is 0.500. The SMILES string of the molecule is Cc1noc(C)c1CN1CCN(C(=O)Cc2cccs2)CC1. The molecule has 3 rings (SSSR count). The first kappa shape index (κ1) is 15.2. The molecule has 1 fully saturated rings. The lowest BCUT2D eigenvalue weighted by atomic mass is 10.1. The Morgan fingerprint density at radius 2 is 2.09 bits per heavy atom. The molecule has 6 heteroatoms. The minimum absolute atomic E-state index is 0.236. The molecule has 1 aliphatic rings. The summed E-state index contributed by atoms with van der Waals surface area (Å²) in [6.45, 7) is 8.19. The van der Waals surface area contributed by atoms with E-state index in [1.165, 1.54) is 5.56 Å². The average Bonchev–Trinajstić information content (AvgIpc) is 3.13. The average molecular weight is 319 g/mol. The third-order valence-electron chi connectivity index (χ3n) is 4.19. The molecular formula is C16H21N3O2S. The number of amides is 1. The first-order chi connectivity index (χ1) is 10.6. The van der Waals surface area contributed by atoms with Crippen molar-refractivity contribution in [3.63, 3.8) is 0 Å². The van der Waals surface area contributed by atoms with Crippen LogP contribution >= 0.6 is 11.3 Å². The van der Waals surface area contributed by atoms with Gasteiger partial charge in [0.1, 0.15) is 5.76 Å². The standard InChI is InChI=1S/C16H21N3O2S/c1-12-15(13(2)21-17-12)11-18-5-7-19(8-6-18)16(20)10-14-4-3-9-22-14/h3-4,9H,5-8,10-11H2,1-2H3. The van der Waals surface area contributed by atoms with Gasteiger partial charge in [-0.25, -0.2) is 0 Å². The minimum atomic E-state index is 0.236. The zero-order valence-corrected chi connectivity index (χ0v) is 13.9. The van der Waals surface area contributed by atoms with E-state index in [1.54, 1.807) is 11.3 Å². The summed E-state index contributed by atoms with van der Waals surface area (Å²) in [6, 6.07) is 4.02. The van der Waals surface area contributed by atoms with Gasteiger partial charge in [0, 0.05) is 43.2 Å². The monoisotopic (exact) mass is 319 g/mol. The van der Waals surface area contributed by atoms with Gasteiger partial charge in [-0.15, -0.1) is 11.3 Å². The number of piperazine rings is 1. The van der Waals surface area contributed by atoms with Crippen molar-refractivity contribution in [2.45, 2.75) is 26.8 Å². The van der Waals surface area contributed by atoms with Crippen LogP contribution in [0.4, 0.5) is 0 Å². The molecule has 1 amide bonds. The van der Waals surface area contributed by atoms with Gasteiger partial charge in [-0.05, 0) is 25.3 Å². The van der Waals surface area contributed by atoms with Crippen LogP contribution in [0.2, 0.25) is 0 Å². The van der Waals surface area contributed by atoms with Crippen molar-refractivity contribution in [2.24, 2.45) is 0 Å². The molecule has 0 atom stereocenters. The van der Waals surface area contributed by atoms with E-state index in [0.717, 1.165) is 49.1 Å². The summed E-state index contributed by atoms with van der Waals surface area (Å²) in [5.41, 5.74) is 2.15. The van der Waals surface area contributed by atoms with Crippen LogP contribution in [0.25, 0.3) is 0 Å². The lowest BCUT2D eigenvalue weighted by Gasteiger charge is -2.34. The van der Waals surface area contributed by atoms with Gasteiger partial charge in [0.05, 0.1) is 12.1 Å². The highest BCUT2D eigenvalue weighted by atomic mass is 32.1. The molecule has 2 aromatic heterocycles. The maximum Gasteiger partial charge on any atom is 0.227 e. The molecule has 3 heterocycles. The quantitative estimate of drug-likeness (QED) is 0.867. The van der Waals surface area contributed by atoms with Gasteiger partial charge in [-0.2, -0.15) is 0 Å². The molecule has 0 saturated carbocycles. The molecule has 5 nitrogen and oxygen atoms in total. The maximum atomic E-state index is 12.3. The number of nitrogens with zero attached hydrogens (tertiary/aromatic N) is 3. The Balaban J connectivity index is 1.51. The molecule has 0 N–H and O–H groups in total. The number of hydrogen-bond donors (Lipinski definition) is 0. The van der Waals surface area contributed by atoms with Gasteiger partial charge in [0.2, 0.25) is 5.91 Å². The number of rotatable bonds is 4. The Bertz CT molecular complexity index is 608. The predicted octanol–water partition coefficient (Wildman–Crippen LogP) is 2.24. The second-order valence-corrected chi connectivity index (χ2v) is 6.75. The molecule has 0 spiro atoms. The lowest BCUT2D eigenvalue weighted by Crippen LogP contribution is -2.48. The lowest BCUT2D eigenvalue weighted by molar-refractivity contribution is -0.132. The summed E-state index contributed by atoms with van der Waals surface area (Å²) in [5, 5.41) is 6.02. The summed E-state index contributed by atoms with van der Waals surface area (Å²) in [5.74, 6) is 1.13. The van der Waals surface area contributed by atoms with Crippen molar-refractivity contribution >= 4 is 17.2 Å². The molecule has 0 radical (unpaired) electrons. The number of aryl methyl sites for hydroxylation is 2. The molecule has 0 unspecified atom stereocenters. The Kier molecular flexibility index (Phi) is 4.59. The Labute approximate surface area is 134 Å². The van der Waals surface area contributed by atoms with Crippen molar-refractivity contribution in [1.82, 2.24) is 15.0 Å². The third kappa shape index (κ3) is 3.39. The number of carbonyl (C=O) groups is 1. The van der Waals surface area contributed by atoms with Gasteiger partial charge in [-0.1, -0.05) is 11.2 Å². The number of carbonyl (C=O) groups excluding carboxylic acids is 1. The van der Waals surface area contributed by atoms with Gasteiger partial charge >= 0.3 is 0 Å².